The zero-order valence-corrected chi connectivity index (χ0v) is 11.7. The van der Waals surface area contributed by atoms with Gasteiger partial charge in [-0.1, -0.05) is 11.6 Å². The Labute approximate surface area is 123 Å². The zero-order chi connectivity index (χ0) is 14.7. The molecule has 0 saturated heterocycles. The van der Waals surface area contributed by atoms with Gasteiger partial charge in [-0.2, -0.15) is 0 Å². The van der Waals surface area contributed by atoms with E-state index in [2.05, 4.69) is 5.32 Å². The Bertz CT molecular complexity index is 632. The third-order valence-corrected chi connectivity index (χ3v) is 3.92. The monoisotopic (exact) mass is 315 g/mol. The summed E-state index contributed by atoms with van der Waals surface area (Å²) in [6, 6.07) is 6.42. The van der Waals surface area contributed by atoms with Crippen molar-refractivity contribution < 1.29 is 19.4 Å². The highest BCUT2D eigenvalue weighted by molar-refractivity contribution is 7.16. The minimum absolute atomic E-state index is 0.0352. The standard InChI is InChI=1S/C13H11ClFNO3S/c14-12-4-3-11(20-12)10(18)6-16-13(19)8-2-1-7(15)5-9(8)17/h1-5,10,17-18H,6H2,(H,16,19). The molecule has 0 aliphatic rings. The molecule has 4 nitrogen and oxygen atoms in total. The third-order valence-electron chi connectivity index (χ3n) is 2.58. The van der Waals surface area contributed by atoms with E-state index in [1.54, 1.807) is 12.1 Å². The molecule has 2 rings (SSSR count). The average Bonchev–Trinajstić information content (AvgIpc) is 2.82. The number of amides is 1. The van der Waals surface area contributed by atoms with E-state index < -0.39 is 23.6 Å². The maximum absolute atomic E-state index is 12.8. The Morgan fingerprint density at radius 1 is 1.40 bits per heavy atom. The molecule has 1 unspecified atom stereocenters. The number of halogens is 2. The van der Waals surface area contributed by atoms with E-state index in [-0.39, 0.29) is 12.1 Å². The molecule has 1 aromatic carbocycles. The van der Waals surface area contributed by atoms with Gasteiger partial charge in [0.25, 0.3) is 5.91 Å². The SMILES string of the molecule is O=C(NCC(O)c1ccc(Cl)s1)c1ccc(F)cc1O. The number of phenolic OH excluding ortho intramolecular Hbond substituents is 1. The molecule has 0 bridgehead atoms. The van der Waals surface area contributed by atoms with E-state index in [1.165, 1.54) is 17.4 Å². The second-order valence-corrected chi connectivity index (χ2v) is 5.78. The summed E-state index contributed by atoms with van der Waals surface area (Å²) < 4.78 is 13.3. The van der Waals surface area contributed by atoms with Crippen LogP contribution < -0.4 is 5.32 Å². The van der Waals surface area contributed by atoms with Crippen LogP contribution in [0.15, 0.2) is 30.3 Å². The highest BCUT2D eigenvalue weighted by Gasteiger charge is 2.15. The van der Waals surface area contributed by atoms with Crippen LogP contribution in [0.4, 0.5) is 4.39 Å². The number of aliphatic hydroxyl groups is 1. The number of phenols is 1. The summed E-state index contributed by atoms with van der Waals surface area (Å²) in [6.45, 7) is -0.0352. The van der Waals surface area contributed by atoms with Gasteiger partial charge in [-0.3, -0.25) is 4.79 Å². The number of carbonyl (C=O) groups is 1. The molecule has 1 aromatic heterocycles. The lowest BCUT2D eigenvalue weighted by Crippen LogP contribution is -2.28. The Morgan fingerprint density at radius 3 is 2.75 bits per heavy atom. The van der Waals surface area contributed by atoms with Crippen LogP contribution in [0.2, 0.25) is 4.34 Å². The number of thiophene rings is 1. The van der Waals surface area contributed by atoms with E-state index >= 15 is 0 Å². The molecule has 0 radical (unpaired) electrons. The van der Waals surface area contributed by atoms with Crippen molar-refractivity contribution in [1.29, 1.82) is 0 Å². The van der Waals surface area contributed by atoms with Crippen molar-refractivity contribution in [2.45, 2.75) is 6.10 Å². The second kappa shape index (κ2) is 6.21. The van der Waals surface area contributed by atoms with E-state index in [0.717, 1.165) is 12.1 Å². The van der Waals surface area contributed by atoms with Crippen LogP contribution in [0, 0.1) is 5.82 Å². The summed E-state index contributed by atoms with van der Waals surface area (Å²) in [5.74, 6) is -1.67. The minimum atomic E-state index is -0.890. The van der Waals surface area contributed by atoms with Crippen LogP contribution in [-0.2, 0) is 0 Å². The van der Waals surface area contributed by atoms with Gasteiger partial charge in [0.15, 0.2) is 0 Å². The molecule has 1 heterocycles. The Morgan fingerprint density at radius 2 is 2.15 bits per heavy atom. The van der Waals surface area contributed by atoms with Crippen molar-refractivity contribution >= 4 is 28.8 Å². The number of rotatable bonds is 4. The lowest BCUT2D eigenvalue weighted by Gasteiger charge is -2.11. The first-order valence-corrected chi connectivity index (χ1v) is 6.87. The van der Waals surface area contributed by atoms with Crippen molar-refractivity contribution in [3.8, 4) is 5.75 Å². The van der Waals surface area contributed by atoms with Crippen LogP contribution in [0.5, 0.6) is 5.75 Å². The average molecular weight is 316 g/mol. The summed E-state index contributed by atoms with van der Waals surface area (Å²) >= 11 is 6.96. The van der Waals surface area contributed by atoms with E-state index in [0.29, 0.717) is 9.21 Å². The first-order valence-electron chi connectivity index (χ1n) is 5.67. The van der Waals surface area contributed by atoms with Crippen LogP contribution in [0.1, 0.15) is 21.3 Å². The molecular formula is C13H11ClFNO3S. The minimum Gasteiger partial charge on any atom is -0.507 e. The largest absolute Gasteiger partial charge is 0.507 e. The number of hydrogen-bond acceptors (Lipinski definition) is 4. The van der Waals surface area contributed by atoms with E-state index in [1.807, 2.05) is 0 Å². The molecule has 0 aliphatic carbocycles. The quantitative estimate of drug-likeness (QED) is 0.812. The molecule has 0 aliphatic heterocycles. The van der Waals surface area contributed by atoms with E-state index in [4.69, 9.17) is 11.6 Å². The molecule has 7 heteroatoms. The summed E-state index contributed by atoms with van der Waals surface area (Å²) in [4.78, 5) is 12.4. The predicted octanol–water partition coefficient (Wildman–Crippen LogP) is 2.71. The van der Waals surface area contributed by atoms with Gasteiger partial charge in [-0.05, 0) is 24.3 Å². The summed E-state index contributed by atoms with van der Waals surface area (Å²) in [5.41, 5.74) is -0.0530. The number of carbonyl (C=O) groups excluding carboxylic acids is 1. The molecular weight excluding hydrogens is 305 g/mol. The normalized spacial score (nSPS) is 12.2. The predicted molar refractivity (Wildman–Crippen MR) is 74.7 cm³/mol. The van der Waals surface area contributed by atoms with Gasteiger partial charge in [0.1, 0.15) is 17.7 Å². The van der Waals surface area contributed by atoms with Crippen LogP contribution in [0.25, 0.3) is 0 Å². The van der Waals surface area contributed by atoms with Gasteiger partial charge in [-0.15, -0.1) is 11.3 Å². The molecule has 0 saturated carbocycles. The maximum atomic E-state index is 12.8. The van der Waals surface area contributed by atoms with Crippen molar-refractivity contribution in [3.05, 3.63) is 50.9 Å². The highest BCUT2D eigenvalue weighted by Crippen LogP contribution is 2.26. The van der Waals surface area contributed by atoms with Crippen molar-refractivity contribution in [1.82, 2.24) is 5.32 Å². The number of hydrogen-bond donors (Lipinski definition) is 3. The Kier molecular flexibility index (Phi) is 4.59. The lowest BCUT2D eigenvalue weighted by molar-refractivity contribution is 0.0915. The van der Waals surface area contributed by atoms with Gasteiger partial charge < -0.3 is 15.5 Å². The number of benzene rings is 1. The number of aromatic hydroxyl groups is 1. The summed E-state index contributed by atoms with van der Waals surface area (Å²) in [6.07, 6.45) is -0.890. The van der Waals surface area contributed by atoms with Crippen molar-refractivity contribution in [2.24, 2.45) is 0 Å². The maximum Gasteiger partial charge on any atom is 0.255 e. The second-order valence-electron chi connectivity index (χ2n) is 4.03. The molecule has 1 atom stereocenters. The first kappa shape index (κ1) is 14.8. The van der Waals surface area contributed by atoms with Crippen LogP contribution in [0.3, 0.4) is 0 Å². The third kappa shape index (κ3) is 3.47. The molecule has 3 N–H and O–H groups in total. The smallest absolute Gasteiger partial charge is 0.255 e. The summed E-state index contributed by atoms with van der Waals surface area (Å²) in [5, 5.41) is 21.8. The number of nitrogens with one attached hydrogen (secondary N) is 1. The fourth-order valence-electron chi connectivity index (χ4n) is 1.59. The zero-order valence-electron chi connectivity index (χ0n) is 10.1. The Balaban J connectivity index is 1.98. The molecule has 2 aromatic rings. The Hall–Kier alpha value is -1.63. The topological polar surface area (TPSA) is 69.6 Å². The van der Waals surface area contributed by atoms with Gasteiger partial charge in [0.2, 0.25) is 0 Å². The molecule has 0 spiro atoms. The highest BCUT2D eigenvalue weighted by atomic mass is 35.5. The van der Waals surface area contributed by atoms with Crippen LogP contribution >= 0.6 is 22.9 Å². The molecule has 1 amide bonds. The lowest BCUT2D eigenvalue weighted by atomic mass is 10.2. The molecule has 106 valence electrons. The van der Waals surface area contributed by atoms with Gasteiger partial charge in [-0.25, -0.2) is 4.39 Å². The van der Waals surface area contributed by atoms with Crippen LogP contribution in [-0.4, -0.2) is 22.7 Å². The summed E-state index contributed by atoms with van der Waals surface area (Å²) in [7, 11) is 0. The molecule has 0 fully saturated rings. The van der Waals surface area contributed by atoms with Gasteiger partial charge in [0, 0.05) is 17.5 Å². The fraction of sp³-hybridized carbons (Fsp3) is 0.154. The van der Waals surface area contributed by atoms with Crippen molar-refractivity contribution in [2.75, 3.05) is 6.54 Å². The fourth-order valence-corrected chi connectivity index (χ4v) is 2.64. The van der Waals surface area contributed by atoms with Gasteiger partial charge in [0.05, 0.1) is 9.90 Å². The van der Waals surface area contributed by atoms with Gasteiger partial charge >= 0.3 is 0 Å². The number of aliphatic hydroxyl groups excluding tert-OH is 1. The van der Waals surface area contributed by atoms with E-state index in [9.17, 15) is 19.4 Å². The first-order chi connectivity index (χ1) is 9.47. The molecule has 20 heavy (non-hydrogen) atoms. The van der Waals surface area contributed by atoms with Crippen molar-refractivity contribution in [3.63, 3.8) is 0 Å².